The van der Waals surface area contributed by atoms with E-state index in [9.17, 15) is 0 Å². The first-order valence-electron chi connectivity index (χ1n) is 31.3. The zero-order valence-electron chi connectivity index (χ0n) is 57.9. The van der Waals surface area contributed by atoms with Gasteiger partial charge in [0, 0.05) is 112 Å². The summed E-state index contributed by atoms with van der Waals surface area (Å²) in [5.74, 6) is 4.01. The summed E-state index contributed by atoms with van der Waals surface area (Å²) in [7, 11) is 0. The van der Waals surface area contributed by atoms with Crippen LogP contribution in [0.1, 0.15) is 251 Å². The average Bonchev–Trinajstić information content (AvgIpc) is 2.00. The Morgan fingerprint density at radius 2 is 0.352 bits per heavy atom. The number of pyridine rings is 4. The summed E-state index contributed by atoms with van der Waals surface area (Å²) in [6.45, 7) is 54.7. The molecule has 0 saturated carbocycles. The first-order valence-corrected chi connectivity index (χ1v) is 32.4. The van der Waals surface area contributed by atoms with Crippen LogP contribution in [0.3, 0.4) is 0 Å². The van der Waals surface area contributed by atoms with Gasteiger partial charge in [-0.25, -0.2) is 0 Å². The number of hydrogen-bond donors (Lipinski definition) is 0. The van der Waals surface area contributed by atoms with E-state index >= 15 is 0 Å². The molecule has 0 saturated heterocycles. The van der Waals surface area contributed by atoms with E-state index in [4.69, 9.17) is 48.4 Å². The van der Waals surface area contributed by atoms with Crippen molar-refractivity contribution in [1.29, 1.82) is 0 Å². The molecule has 4 aromatic heterocycles. The van der Waals surface area contributed by atoms with Gasteiger partial charge in [0.05, 0.1) is 0 Å². The van der Waals surface area contributed by atoms with Crippen molar-refractivity contribution in [3.8, 4) is 34.5 Å². The molecule has 11 heteroatoms. The topological polar surface area (TPSA) is 107 Å². The Morgan fingerprint density at radius 3 is 0.489 bits per heavy atom. The van der Waals surface area contributed by atoms with Crippen molar-refractivity contribution in [3.05, 3.63) is 188 Å². The highest BCUT2D eigenvalue weighted by Gasteiger charge is 2.27. The van der Waals surface area contributed by atoms with Gasteiger partial charge in [-0.15, -0.1) is 0 Å². The smallest absolute Gasteiger partial charge is 0.123 e. The second-order valence-corrected chi connectivity index (χ2v) is 32.8. The molecule has 0 spiro atoms. The first-order chi connectivity index (χ1) is 40.5. The highest BCUT2D eigenvalue weighted by atomic mass is 79.9. The molecule has 0 unspecified atom stereocenters. The maximum Gasteiger partial charge on any atom is 0.123 e. The van der Waals surface area contributed by atoms with Gasteiger partial charge < -0.3 is 28.4 Å². The normalized spacial score (nSPS) is 12.9. The molecule has 0 N–H and O–H groups in total. The van der Waals surface area contributed by atoms with Crippen molar-refractivity contribution in [2.75, 3.05) is 0 Å². The second kappa shape index (κ2) is 26.5. The fraction of sp³-hybridized carbons (Fsp3) is 0.506. The summed E-state index contributed by atoms with van der Waals surface area (Å²) in [6, 6.07) is 35.4. The number of halogens is 1. The second-order valence-electron chi connectivity index (χ2n) is 32.3. The fourth-order valence-corrected chi connectivity index (χ4v) is 9.72. The summed E-state index contributed by atoms with van der Waals surface area (Å²) in [6.07, 6.45) is 0. The van der Waals surface area contributed by atoms with Crippen molar-refractivity contribution in [2.24, 2.45) is 0 Å². The van der Waals surface area contributed by atoms with E-state index in [0.717, 1.165) is 84.5 Å². The Hall–Kier alpha value is -6.46. The van der Waals surface area contributed by atoms with Crippen LogP contribution in [-0.2, 0) is 88.3 Å². The van der Waals surface area contributed by atoms with Gasteiger partial charge in [0.2, 0.25) is 0 Å². The van der Waals surface area contributed by atoms with Crippen molar-refractivity contribution in [3.63, 3.8) is 0 Å². The Bertz CT molecular complexity index is 3000. The molecule has 7 aromatic rings. The minimum atomic E-state index is -0.137. The van der Waals surface area contributed by atoms with Crippen LogP contribution >= 0.6 is 15.9 Å². The van der Waals surface area contributed by atoms with Gasteiger partial charge in [-0.05, 0) is 124 Å². The highest BCUT2D eigenvalue weighted by Crippen LogP contribution is 2.36. The lowest BCUT2D eigenvalue weighted by molar-refractivity contribution is 0.275. The zero-order valence-corrected chi connectivity index (χ0v) is 59.5. The number of ether oxygens (including phenoxy) is 6. The fourth-order valence-electron chi connectivity index (χ4n) is 9.39. The zero-order chi connectivity index (χ0) is 65.2. The molecule has 0 amide bonds. The number of aromatic nitrogens is 4. The Balaban J connectivity index is 1.18. The monoisotopic (exact) mass is 1260 g/mol. The third-order valence-electron chi connectivity index (χ3n) is 15.1. The van der Waals surface area contributed by atoms with Gasteiger partial charge in [-0.3, -0.25) is 19.9 Å². The summed E-state index contributed by atoms with van der Waals surface area (Å²) in [5, 5.41) is 0.598. The van der Waals surface area contributed by atoms with E-state index in [0.29, 0.717) is 66.3 Å². The van der Waals surface area contributed by atoms with Crippen LogP contribution < -0.4 is 28.4 Å². The van der Waals surface area contributed by atoms with Gasteiger partial charge >= 0.3 is 0 Å². The predicted octanol–water partition coefficient (Wildman–Crippen LogP) is 20.0. The Labute approximate surface area is 537 Å². The van der Waals surface area contributed by atoms with E-state index in [2.05, 4.69) is 231 Å². The number of alkyl halides is 1. The number of benzene rings is 3. The van der Waals surface area contributed by atoms with Crippen LogP contribution in [0.15, 0.2) is 103 Å². The van der Waals surface area contributed by atoms with Crippen LogP contribution in [-0.4, -0.2) is 19.9 Å². The predicted molar refractivity (Wildman–Crippen MR) is 364 cm³/mol. The van der Waals surface area contributed by atoms with Crippen LogP contribution in [0.4, 0.5) is 0 Å². The largest absolute Gasteiger partial charge is 0.489 e. The van der Waals surface area contributed by atoms with Crippen molar-refractivity contribution in [2.45, 2.75) is 254 Å². The average molecular weight is 1260 g/mol. The minimum absolute atomic E-state index is 0.137. The molecule has 0 bridgehead atoms. The van der Waals surface area contributed by atoms with Gasteiger partial charge in [-0.2, -0.15) is 0 Å². The molecule has 0 radical (unpaired) electrons. The summed E-state index contributed by atoms with van der Waals surface area (Å²) >= 11 is 3.73. The van der Waals surface area contributed by atoms with E-state index in [1.807, 2.05) is 54.6 Å². The Morgan fingerprint density at radius 1 is 0.216 bits per heavy atom. The molecule has 0 aliphatic carbocycles. The lowest BCUT2D eigenvalue weighted by Crippen LogP contribution is -2.21. The molecule has 3 aromatic carbocycles. The van der Waals surface area contributed by atoms with Crippen molar-refractivity contribution >= 4 is 15.9 Å². The lowest BCUT2D eigenvalue weighted by Gasteiger charge is -2.25. The van der Waals surface area contributed by atoms with Crippen LogP contribution in [0, 0.1) is 0 Å². The van der Waals surface area contributed by atoms with E-state index in [-0.39, 0.29) is 56.5 Å². The first kappa shape index (κ1) is 69.0. The van der Waals surface area contributed by atoms with E-state index in [1.165, 1.54) is 0 Å². The standard InChI is InChI=1S/C77H103BrN4O6/c1-70(2,3)62-31-52(32-63(79-62)71(4,5)6)45-85-58-27-50(28-59(40-58)86-46-53-33-64(72(7,8)9)80-65(34-53)73(10,11)12)43-83-56-25-49(42-78)26-57(39-56)84-44-51-29-60(87-47-54-35-66(74(13,14)15)81-67(36-54)75(16,17)18)41-61(30-51)88-48-55-37-68(76(19,20)21)82-69(38-55)77(22,23)24/h25-41H,42-48H2,1-24H3. The van der Waals surface area contributed by atoms with Crippen molar-refractivity contribution < 1.29 is 28.4 Å². The molecular formula is C77H103BrN4O6. The number of hydrogen-bond acceptors (Lipinski definition) is 10. The van der Waals surface area contributed by atoms with Gasteiger partial charge in [0.25, 0.3) is 0 Å². The number of rotatable bonds is 19. The molecular weight excluding hydrogens is 1160 g/mol. The Kier molecular flexibility index (Phi) is 20.8. The molecule has 0 fully saturated rings. The maximum absolute atomic E-state index is 6.71. The quantitative estimate of drug-likeness (QED) is 0.0727. The SMILES string of the molecule is CC(C)(C)c1cc(COc2cc(COc3cc(CBr)cc(OCc4cc(OCc5cc(C(C)(C)C)nc(C(C)(C)C)c5)cc(OCc5cc(C(C)(C)C)nc(C(C)(C)C)c5)c4)c3)cc(OCc3cc(C(C)(C)C)nc(C(C)(C)C)c3)c2)cc(C(C)(C)C)n1. The van der Waals surface area contributed by atoms with E-state index < -0.39 is 0 Å². The summed E-state index contributed by atoms with van der Waals surface area (Å²) in [5.41, 5.74) is 14.2. The molecule has 10 nitrogen and oxygen atoms in total. The van der Waals surface area contributed by atoms with Crippen LogP contribution in [0.25, 0.3) is 0 Å². The van der Waals surface area contributed by atoms with E-state index in [1.54, 1.807) is 0 Å². The third-order valence-corrected chi connectivity index (χ3v) is 15.7. The van der Waals surface area contributed by atoms with Crippen LogP contribution in [0.5, 0.6) is 34.5 Å². The molecule has 0 aliphatic heterocycles. The molecule has 0 atom stereocenters. The van der Waals surface area contributed by atoms with Gasteiger partial charge in [-0.1, -0.05) is 182 Å². The minimum Gasteiger partial charge on any atom is -0.489 e. The summed E-state index contributed by atoms with van der Waals surface area (Å²) < 4.78 is 40.2. The molecule has 0 aliphatic rings. The molecule has 88 heavy (non-hydrogen) atoms. The highest BCUT2D eigenvalue weighted by molar-refractivity contribution is 9.08. The van der Waals surface area contributed by atoms with Crippen LogP contribution in [0.2, 0.25) is 0 Å². The summed E-state index contributed by atoms with van der Waals surface area (Å²) in [4.78, 5) is 20.4. The molecule has 4 heterocycles. The van der Waals surface area contributed by atoms with Gasteiger partial charge in [0.1, 0.15) is 74.1 Å². The lowest BCUT2D eigenvalue weighted by atomic mass is 9.86. The van der Waals surface area contributed by atoms with Crippen molar-refractivity contribution in [1.82, 2.24) is 19.9 Å². The molecule has 7 rings (SSSR count). The third kappa shape index (κ3) is 19.8. The number of nitrogens with zero attached hydrogens (tertiary/aromatic N) is 4. The maximum atomic E-state index is 6.71. The van der Waals surface area contributed by atoms with Gasteiger partial charge in [0.15, 0.2) is 0 Å². The molecule has 474 valence electrons.